The first-order valence-corrected chi connectivity index (χ1v) is 16.5. The number of nitrogens with zero attached hydrogens (tertiary/aromatic N) is 1. The van der Waals surface area contributed by atoms with Gasteiger partial charge in [0.15, 0.2) is 0 Å². The zero-order chi connectivity index (χ0) is 27.6. The Morgan fingerprint density at radius 1 is 1.03 bits per heavy atom. The number of amides is 1. The zero-order valence-corrected chi connectivity index (χ0v) is 24.2. The molecule has 4 saturated carbocycles. The van der Waals surface area contributed by atoms with Crippen molar-refractivity contribution < 1.29 is 33.1 Å². The van der Waals surface area contributed by atoms with Crippen LogP contribution in [0.4, 0.5) is 0 Å². The molecule has 1 saturated heterocycles. The SMILES string of the molecule is C[C@H](CCC(=O)N1CCC[C@@H](S(=O)(=O)O)C1)[C@H]1CC[C@H]2[C@@H]3[C@H](O)C[C@@H]4C[C@H](O)CC[C@]4(C)[C@H]3C[C@H](O)[C@]12C. The van der Waals surface area contributed by atoms with Gasteiger partial charge in [-0.2, -0.15) is 8.42 Å². The molecule has 0 spiro atoms. The van der Waals surface area contributed by atoms with Crippen LogP contribution in [0.15, 0.2) is 0 Å². The number of aliphatic hydroxyl groups excluding tert-OH is 3. The molecule has 218 valence electrons. The highest BCUT2D eigenvalue weighted by Gasteiger charge is 2.65. The number of carbonyl (C=O) groups is 1. The van der Waals surface area contributed by atoms with Gasteiger partial charge in [-0.1, -0.05) is 20.8 Å². The highest BCUT2D eigenvalue weighted by atomic mass is 32.2. The Labute approximate surface area is 228 Å². The summed E-state index contributed by atoms with van der Waals surface area (Å²) in [5.74, 6) is 1.40. The predicted molar refractivity (Wildman–Crippen MR) is 144 cm³/mol. The smallest absolute Gasteiger partial charge is 0.269 e. The van der Waals surface area contributed by atoms with Crippen LogP contribution in [-0.2, 0) is 14.9 Å². The van der Waals surface area contributed by atoms with Crippen molar-refractivity contribution in [3.8, 4) is 0 Å². The minimum absolute atomic E-state index is 0.0515. The third-order valence-electron chi connectivity index (χ3n) is 12.5. The Kier molecular flexibility index (Phi) is 7.78. The Balaban J connectivity index is 1.26. The molecule has 0 bridgehead atoms. The molecule has 0 aromatic carbocycles. The van der Waals surface area contributed by atoms with Gasteiger partial charge in [0.2, 0.25) is 5.91 Å². The highest BCUT2D eigenvalue weighted by molar-refractivity contribution is 7.86. The summed E-state index contributed by atoms with van der Waals surface area (Å²) in [7, 11) is -4.15. The van der Waals surface area contributed by atoms with E-state index in [2.05, 4.69) is 20.8 Å². The van der Waals surface area contributed by atoms with E-state index in [1.54, 1.807) is 4.90 Å². The summed E-state index contributed by atoms with van der Waals surface area (Å²) < 4.78 is 32.6. The fraction of sp³-hybridized carbons (Fsp3) is 0.966. The average Bonchev–Trinajstić information content (AvgIpc) is 3.22. The van der Waals surface area contributed by atoms with E-state index in [1.165, 1.54) is 0 Å². The Hall–Kier alpha value is -0.740. The standard InChI is InChI=1S/C29H49NO7S/c1-17(6-9-26(34)30-12-4-5-20(16-30)38(35,36)37)21-7-8-22-27-23(15-25(33)29(21,22)3)28(2)11-10-19(31)13-18(28)14-24(27)32/h17-25,27,31-33H,4-16H2,1-3H3,(H,35,36,37)/t17-,18+,19-,20-,21-,22+,23+,24-,25+,27+,28+,29-/m1/s1. The molecule has 8 nitrogen and oxygen atoms in total. The fourth-order valence-electron chi connectivity index (χ4n) is 10.2. The van der Waals surface area contributed by atoms with Crippen molar-refractivity contribution in [3.63, 3.8) is 0 Å². The molecule has 1 amide bonds. The Morgan fingerprint density at radius 3 is 2.47 bits per heavy atom. The lowest BCUT2D eigenvalue weighted by molar-refractivity contribution is -0.207. The molecule has 5 aliphatic rings. The molecule has 1 heterocycles. The molecule has 5 rings (SSSR count). The first kappa shape index (κ1) is 28.8. The molecule has 1 aliphatic heterocycles. The van der Waals surface area contributed by atoms with Crippen LogP contribution in [0.3, 0.4) is 0 Å². The van der Waals surface area contributed by atoms with Gasteiger partial charge in [0.05, 0.1) is 18.3 Å². The summed E-state index contributed by atoms with van der Waals surface area (Å²) in [6.45, 7) is 7.33. The van der Waals surface area contributed by atoms with Gasteiger partial charge in [0.1, 0.15) is 5.25 Å². The van der Waals surface area contributed by atoms with Crippen molar-refractivity contribution >= 4 is 16.0 Å². The molecule has 9 heteroatoms. The number of likely N-dealkylation sites (tertiary alicyclic amines) is 1. The van der Waals surface area contributed by atoms with E-state index in [4.69, 9.17) is 0 Å². The van der Waals surface area contributed by atoms with E-state index in [9.17, 15) is 33.1 Å². The topological polar surface area (TPSA) is 135 Å². The summed E-state index contributed by atoms with van der Waals surface area (Å²) in [5, 5.41) is 32.6. The zero-order valence-electron chi connectivity index (χ0n) is 23.3. The van der Waals surface area contributed by atoms with Crippen LogP contribution >= 0.6 is 0 Å². The summed E-state index contributed by atoms with van der Waals surface area (Å²) >= 11 is 0. The lowest BCUT2D eigenvalue weighted by Gasteiger charge is -2.63. The fourth-order valence-corrected chi connectivity index (χ4v) is 11.1. The lowest BCUT2D eigenvalue weighted by atomic mass is 9.43. The van der Waals surface area contributed by atoms with Crippen LogP contribution in [-0.4, -0.2) is 75.7 Å². The van der Waals surface area contributed by atoms with Crippen molar-refractivity contribution in [2.24, 2.45) is 46.3 Å². The van der Waals surface area contributed by atoms with Crippen molar-refractivity contribution in [2.75, 3.05) is 13.1 Å². The van der Waals surface area contributed by atoms with Gasteiger partial charge >= 0.3 is 0 Å². The van der Waals surface area contributed by atoms with Crippen LogP contribution in [0.2, 0.25) is 0 Å². The Bertz CT molecular complexity index is 1000. The van der Waals surface area contributed by atoms with Gasteiger partial charge in [-0.25, -0.2) is 0 Å². The number of fused-ring (bicyclic) bond motifs is 5. The number of carbonyl (C=O) groups excluding carboxylic acids is 1. The van der Waals surface area contributed by atoms with E-state index in [1.807, 2.05) is 0 Å². The monoisotopic (exact) mass is 555 g/mol. The lowest BCUT2D eigenvalue weighted by Crippen LogP contribution is -2.62. The summed E-state index contributed by atoms with van der Waals surface area (Å²) in [6, 6.07) is 0. The van der Waals surface area contributed by atoms with Gasteiger partial charge in [0, 0.05) is 19.5 Å². The maximum Gasteiger partial charge on any atom is 0.269 e. The van der Waals surface area contributed by atoms with Crippen LogP contribution in [0.1, 0.15) is 91.4 Å². The molecule has 0 aromatic rings. The molecule has 4 N–H and O–H groups in total. The van der Waals surface area contributed by atoms with Gasteiger partial charge < -0.3 is 20.2 Å². The molecule has 4 aliphatic carbocycles. The van der Waals surface area contributed by atoms with Gasteiger partial charge in [0.25, 0.3) is 10.1 Å². The van der Waals surface area contributed by atoms with E-state index in [0.29, 0.717) is 44.6 Å². The number of rotatable bonds is 5. The average molecular weight is 556 g/mol. The minimum atomic E-state index is -4.15. The van der Waals surface area contributed by atoms with E-state index in [0.717, 1.165) is 38.5 Å². The third kappa shape index (κ3) is 4.76. The maximum atomic E-state index is 13.0. The second-order valence-corrected chi connectivity index (χ2v) is 15.9. The van der Waals surface area contributed by atoms with E-state index >= 15 is 0 Å². The van der Waals surface area contributed by atoms with Gasteiger partial charge in [-0.15, -0.1) is 0 Å². The van der Waals surface area contributed by atoms with E-state index in [-0.39, 0.29) is 59.0 Å². The number of piperidine rings is 1. The van der Waals surface area contributed by atoms with E-state index < -0.39 is 27.6 Å². The Morgan fingerprint density at radius 2 is 1.76 bits per heavy atom. The molecular weight excluding hydrogens is 506 g/mol. The summed E-state index contributed by atoms with van der Waals surface area (Å²) in [6.07, 6.45) is 6.77. The van der Waals surface area contributed by atoms with Crippen LogP contribution in [0.25, 0.3) is 0 Å². The normalized spacial score (nSPS) is 48.1. The molecule has 0 aromatic heterocycles. The molecule has 0 unspecified atom stereocenters. The van der Waals surface area contributed by atoms with Crippen molar-refractivity contribution in [1.29, 1.82) is 0 Å². The summed E-state index contributed by atoms with van der Waals surface area (Å²) in [4.78, 5) is 14.6. The third-order valence-corrected chi connectivity index (χ3v) is 13.7. The highest BCUT2D eigenvalue weighted by Crippen LogP contribution is 2.68. The van der Waals surface area contributed by atoms with Gasteiger partial charge in [-0.05, 0) is 111 Å². The van der Waals surface area contributed by atoms with Crippen LogP contribution in [0.5, 0.6) is 0 Å². The first-order chi connectivity index (χ1) is 17.8. The molecule has 5 fully saturated rings. The number of hydrogen-bond donors (Lipinski definition) is 4. The number of hydrogen-bond acceptors (Lipinski definition) is 6. The van der Waals surface area contributed by atoms with Crippen molar-refractivity contribution in [1.82, 2.24) is 4.90 Å². The van der Waals surface area contributed by atoms with Crippen LogP contribution in [0, 0.1) is 46.3 Å². The molecule has 12 atom stereocenters. The quantitative estimate of drug-likeness (QED) is 0.383. The second-order valence-electron chi connectivity index (χ2n) is 14.2. The summed E-state index contributed by atoms with van der Waals surface area (Å²) in [5.41, 5.74) is -0.251. The first-order valence-electron chi connectivity index (χ1n) is 15.0. The van der Waals surface area contributed by atoms with Crippen LogP contribution < -0.4 is 0 Å². The maximum absolute atomic E-state index is 13.0. The predicted octanol–water partition coefficient (Wildman–Crippen LogP) is 3.24. The number of aliphatic hydroxyl groups is 3. The molecular formula is C29H49NO7S. The van der Waals surface area contributed by atoms with Crippen molar-refractivity contribution in [2.45, 2.75) is 115 Å². The molecule has 38 heavy (non-hydrogen) atoms. The second kappa shape index (κ2) is 10.3. The van der Waals surface area contributed by atoms with Gasteiger partial charge in [-0.3, -0.25) is 9.35 Å². The largest absolute Gasteiger partial charge is 0.393 e. The van der Waals surface area contributed by atoms with Crippen molar-refractivity contribution in [3.05, 3.63) is 0 Å². The minimum Gasteiger partial charge on any atom is -0.393 e. The molecule has 0 radical (unpaired) electrons.